The SMILES string of the molecule is N#CC(O)C(O)c1c(F)cccc1C=O. The minimum atomic E-state index is -1.76. The van der Waals surface area contributed by atoms with Crippen LogP contribution in [-0.2, 0) is 0 Å². The first-order chi connectivity index (χ1) is 7.11. The fourth-order valence-electron chi connectivity index (χ4n) is 1.20. The summed E-state index contributed by atoms with van der Waals surface area (Å²) in [6, 6.07) is 4.99. The lowest BCUT2D eigenvalue weighted by Gasteiger charge is -2.14. The molecule has 2 atom stereocenters. The molecule has 0 heterocycles. The summed E-state index contributed by atoms with van der Waals surface area (Å²) in [5.74, 6) is -0.832. The lowest BCUT2D eigenvalue weighted by molar-refractivity contribution is 0.0497. The van der Waals surface area contributed by atoms with E-state index in [2.05, 4.69) is 0 Å². The molecule has 0 aliphatic carbocycles. The van der Waals surface area contributed by atoms with Crippen LogP contribution in [0.1, 0.15) is 22.0 Å². The van der Waals surface area contributed by atoms with Crippen LogP contribution in [0.3, 0.4) is 0 Å². The second kappa shape index (κ2) is 4.64. The third-order valence-corrected chi connectivity index (χ3v) is 1.94. The average Bonchev–Trinajstić information content (AvgIpc) is 2.26. The Morgan fingerprint density at radius 1 is 1.47 bits per heavy atom. The number of aliphatic hydroxyl groups is 2. The van der Waals surface area contributed by atoms with Gasteiger partial charge < -0.3 is 10.2 Å². The minimum absolute atomic E-state index is 0.0863. The van der Waals surface area contributed by atoms with Crippen molar-refractivity contribution in [1.82, 2.24) is 0 Å². The zero-order valence-corrected chi connectivity index (χ0v) is 7.59. The largest absolute Gasteiger partial charge is 0.384 e. The third-order valence-electron chi connectivity index (χ3n) is 1.94. The molecule has 1 aromatic carbocycles. The molecule has 0 aliphatic heterocycles. The molecule has 0 spiro atoms. The molecule has 0 saturated heterocycles. The summed E-state index contributed by atoms with van der Waals surface area (Å²) in [6.07, 6.45) is -3.14. The van der Waals surface area contributed by atoms with E-state index >= 15 is 0 Å². The summed E-state index contributed by atoms with van der Waals surface area (Å²) >= 11 is 0. The first-order valence-corrected chi connectivity index (χ1v) is 4.11. The maximum atomic E-state index is 13.2. The second-order valence-electron chi connectivity index (χ2n) is 2.88. The summed E-state index contributed by atoms with van der Waals surface area (Å²) < 4.78 is 13.2. The highest BCUT2D eigenvalue weighted by molar-refractivity contribution is 5.77. The highest BCUT2D eigenvalue weighted by Crippen LogP contribution is 2.23. The van der Waals surface area contributed by atoms with Gasteiger partial charge in [-0.3, -0.25) is 4.79 Å². The monoisotopic (exact) mass is 209 g/mol. The number of hydrogen-bond acceptors (Lipinski definition) is 4. The van der Waals surface area contributed by atoms with Gasteiger partial charge in [0.25, 0.3) is 0 Å². The smallest absolute Gasteiger partial charge is 0.170 e. The third kappa shape index (κ3) is 2.18. The molecule has 78 valence electrons. The van der Waals surface area contributed by atoms with Crippen molar-refractivity contribution in [3.63, 3.8) is 0 Å². The number of carbonyl (C=O) groups is 1. The second-order valence-corrected chi connectivity index (χ2v) is 2.88. The number of nitriles is 1. The van der Waals surface area contributed by atoms with E-state index in [9.17, 15) is 14.3 Å². The van der Waals surface area contributed by atoms with Crippen LogP contribution in [0.4, 0.5) is 4.39 Å². The first-order valence-electron chi connectivity index (χ1n) is 4.11. The van der Waals surface area contributed by atoms with Crippen LogP contribution in [0.15, 0.2) is 18.2 Å². The van der Waals surface area contributed by atoms with Crippen molar-refractivity contribution in [2.45, 2.75) is 12.2 Å². The fourth-order valence-corrected chi connectivity index (χ4v) is 1.20. The topological polar surface area (TPSA) is 81.3 Å². The van der Waals surface area contributed by atoms with Gasteiger partial charge in [-0.15, -0.1) is 0 Å². The summed E-state index contributed by atoms with van der Waals surface area (Å²) in [5.41, 5.74) is -0.446. The molecule has 0 fully saturated rings. The first kappa shape index (κ1) is 11.3. The molecule has 15 heavy (non-hydrogen) atoms. The zero-order valence-electron chi connectivity index (χ0n) is 7.59. The van der Waals surface area contributed by atoms with Gasteiger partial charge in [0.1, 0.15) is 11.9 Å². The van der Waals surface area contributed by atoms with E-state index in [1.54, 1.807) is 0 Å². The van der Waals surface area contributed by atoms with Crippen LogP contribution in [0.25, 0.3) is 0 Å². The van der Waals surface area contributed by atoms with Gasteiger partial charge in [-0.2, -0.15) is 5.26 Å². The zero-order chi connectivity index (χ0) is 11.4. The Hall–Kier alpha value is -1.77. The Bertz CT molecular complexity index is 414. The minimum Gasteiger partial charge on any atom is -0.384 e. The van der Waals surface area contributed by atoms with Crippen LogP contribution in [-0.4, -0.2) is 22.6 Å². The number of rotatable bonds is 3. The summed E-state index contributed by atoms with van der Waals surface area (Å²) in [6.45, 7) is 0. The van der Waals surface area contributed by atoms with E-state index in [1.165, 1.54) is 18.2 Å². The lowest BCUT2D eigenvalue weighted by Crippen LogP contribution is -2.18. The number of hydrogen-bond donors (Lipinski definition) is 2. The van der Waals surface area contributed by atoms with Crippen LogP contribution < -0.4 is 0 Å². The summed E-state index contributed by atoms with van der Waals surface area (Å²) in [4.78, 5) is 10.6. The van der Waals surface area contributed by atoms with Crippen molar-refractivity contribution in [3.8, 4) is 6.07 Å². The average molecular weight is 209 g/mol. The van der Waals surface area contributed by atoms with E-state index < -0.39 is 18.0 Å². The van der Waals surface area contributed by atoms with E-state index in [4.69, 9.17) is 10.4 Å². The van der Waals surface area contributed by atoms with Crippen LogP contribution in [0, 0.1) is 17.1 Å². The van der Waals surface area contributed by atoms with Gasteiger partial charge in [0.05, 0.1) is 6.07 Å². The van der Waals surface area contributed by atoms with E-state index in [-0.39, 0.29) is 11.1 Å². The van der Waals surface area contributed by atoms with Crippen LogP contribution in [0.5, 0.6) is 0 Å². The van der Waals surface area contributed by atoms with Gasteiger partial charge in [-0.1, -0.05) is 12.1 Å². The molecule has 0 bridgehead atoms. The number of benzene rings is 1. The predicted molar refractivity (Wildman–Crippen MR) is 48.4 cm³/mol. The Morgan fingerprint density at radius 2 is 2.13 bits per heavy atom. The Morgan fingerprint density at radius 3 is 2.67 bits per heavy atom. The van der Waals surface area contributed by atoms with Gasteiger partial charge >= 0.3 is 0 Å². The molecular formula is C10H8FNO3. The van der Waals surface area contributed by atoms with Gasteiger partial charge in [-0.05, 0) is 6.07 Å². The molecule has 0 amide bonds. The number of aliphatic hydroxyl groups excluding tert-OH is 2. The van der Waals surface area contributed by atoms with Crippen molar-refractivity contribution in [1.29, 1.82) is 5.26 Å². The quantitative estimate of drug-likeness (QED) is 0.562. The maximum absolute atomic E-state index is 13.2. The molecule has 1 aromatic rings. The molecule has 5 heteroatoms. The van der Waals surface area contributed by atoms with Gasteiger partial charge in [-0.25, -0.2) is 4.39 Å². The number of aldehydes is 1. The van der Waals surface area contributed by atoms with Crippen molar-refractivity contribution in [2.75, 3.05) is 0 Å². The van der Waals surface area contributed by atoms with Crippen LogP contribution in [0.2, 0.25) is 0 Å². The Labute approximate surface area is 85.2 Å². The summed E-state index contributed by atoms with van der Waals surface area (Å²) in [7, 11) is 0. The highest BCUT2D eigenvalue weighted by atomic mass is 19.1. The number of nitrogens with zero attached hydrogens (tertiary/aromatic N) is 1. The normalized spacial score (nSPS) is 14.0. The summed E-state index contributed by atoms with van der Waals surface area (Å²) in [5, 5.41) is 26.8. The van der Waals surface area contributed by atoms with Crippen molar-refractivity contribution >= 4 is 6.29 Å². The molecule has 4 nitrogen and oxygen atoms in total. The molecule has 1 rings (SSSR count). The highest BCUT2D eigenvalue weighted by Gasteiger charge is 2.23. The van der Waals surface area contributed by atoms with Crippen molar-refractivity contribution in [2.24, 2.45) is 0 Å². The Balaban J connectivity index is 3.23. The number of halogens is 1. The predicted octanol–water partition coefficient (Wildman–Crippen LogP) is 0.556. The van der Waals surface area contributed by atoms with Crippen molar-refractivity contribution in [3.05, 3.63) is 35.1 Å². The van der Waals surface area contributed by atoms with E-state index in [1.807, 2.05) is 0 Å². The lowest BCUT2D eigenvalue weighted by atomic mass is 9.99. The van der Waals surface area contributed by atoms with Crippen molar-refractivity contribution < 1.29 is 19.4 Å². The number of carbonyl (C=O) groups excluding carboxylic acids is 1. The molecule has 0 saturated carbocycles. The molecule has 2 unspecified atom stereocenters. The van der Waals surface area contributed by atoms with Crippen LogP contribution >= 0.6 is 0 Å². The Kier molecular flexibility index (Phi) is 3.50. The maximum Gasteiger partial charge on any atom is 0.170 e. The molecule has 0 aromatic heterocycles. The van der Waals surface area contributed by atoms with E-state index in [0.717, 1.165) is 6.07 Å². The molecular weight excluding hydrogens is 201 g/mol. The fraction of sp³-hybridized carbons (Fsp3) is 0.200. The molecule has 2 N–H and O–H groups in total. The van der Waals surface area contributed by atoms with Gasteiger partial charge in [0.15, 0.2) is 12.4 Å². The molecule has 0 aliphatic rings. The standard InChI is InChI=1S/C10H8FNO3/c11-7-3-1-2-6(5-13)9(7)10(15)8(14)4-12/h1-3,5,8,10,14-15H. The molecule has 0 radical (unpaired) electrons. The van der Waals surface area contributed by atoms with Gasteiger partial charge in [0, 0.05) is 11.1 Å². The van der Waals surface area contributed by atoms with Gasteiger partial charge in [0.2, 0.25) is 0 Å². The van der Waals surface area contributed by atoms with E-state index in [0.29, 0.717) is 6.29 Å².